The van der Waals surface area contributed by atoms with Crippen molar-refractivity contribution in [2.24, 2.45) is 5.16 Å². The maximum Gasteiger partial charge on any atom is 0.352 e. The number of amides is 2. The number of carboxylic acid groups (broad SMARTS) is 1. The zero-order chi connectivity index (χ0) is 24.6. The Morgan fingerprint density at radius 3 is 2.82 bits per heavy atom. The van der Waals surface area contributed by atoms with Gasteiger partial charge in [0, 0.05) is 11.8 Å². The molecule has 1 fully saturated rings. The first kappa shape index (κ1) is 23.6. The SMILES string of the molecule is COc1cc(/C=C\C2=C(C(=O)O)N3C(=O)[C@@H](NC(=O)/C(=N\O)c4nc(N)sc4Cl)[C@H]3SC2)on1. The quantitative estimate of drug-likeness (QED) is 0.174. The highest BCUT2D eigenvalue weighted by atomic mass is 35.5. The molecular weight excluding hydrogens is 512 g/mol. The summed E-state index contributed by atoms with van der Waals surface area (Å²) in [7, 11) is 1.43. The van der Waals surface area contributed by atoms with Crippen LogP contribution < -0.4 is 15.8 Å². The molecule has 0 aromatic carbocycles. The van der Waals surface area contributed by atoms with Crippen LogP contribution >= 0.6 is 34.7 Å². The van der Waals surface area contributed by atoms with Crippen LogP contribution in [0.3, 0.4) is 0 Å². The van der Waals surface area contributed by atoms with E-state index in [-0.39, 0.29) is 32.5 Å². The van der Waals surface area contributed by atoms with Crippen molar-refractivity contribution >= 4 is 69.4 Å². The second-order valence-electron chi connectivity index (χ2n) is 6.77. The highest BCUT2D eigenvalue weighted by molar-refractivity contribution is 8.00. The molecule has 0 radical (unpaired) electrons. The van der Waals surface area contributed by atoms with Crippen molar-refractivity contribution in [1.29, 1.82) is 0 Å². The maximum atomic E-state index is 12.8. The molecule has 34 heavy (non-hydrogen) atoms. The number of allylic oxidation sites excluding steroid dienone is 1. The highest BCUT2D eigenvalue weighted by Gasteiger charge is 2.54. The number of anilines is 1. The van der Waals surface area contributed by atoms with E-state index >= 15 is 0 Å². The normalized spacial score (nSPS) is 20.4. The number of nitrogens with two attached hydrogens (primary N) is 1. The number of nitrogen functional groups attached to an aromatic ring is 1. The molecule has 0 unspecified atom stereocenters. The number of β-lactam (4-membered cyclic amide) rings is 1. The largest absolute Gasteiger partial charge is 0.479 e. The number of carbonyl (C=O) groups is 3. The van der Waals surface area contributed by atoms with Gasteiger partial charge in [0.05, 0.1) is 7.11 Å². The Morgan fingerprint density at radius 1 is 1.47 bits per heavy atom. The summed E-state index contributed by atoms with van der Waals surface area (Å²) in [6.07, 6.45) is 3.02. The Morgan fingerprint density at radius 2 is 2.24 bits per heavy atom. The zero-order valence-electron chi connectivity index (χ0n) is 17.1. The fraction of sp³-hybridized carbons (Fsp3) is 0.222. The van der Waals surface area contributed by atoms with Gasteiger partial charge in [-0.2, -0.15) is 0 Å². The number of thiazole rings is 1. The average Bonchev–Trinajstić information content (AvgIpc) is 3.41. The minimum Gasteiger partial charge on any atom is -0.479 e. The predicted octanol–water partition coefficient (Wildman–Crippen LogP) is 1.01. The van der Waals surface area contributed by atoms with E-state index in [0.29, 0.717) is 11.3 Å². The van der Waals surface area contributed by atoms with E-state index in [1.807, 2.05) is 0 Å². The molecule has 1 saturated heterocycles. The van der Waals surface area contributed by atoms with Gasteiger partial charge in [0.2, 0.25) is 0 Å². The molecular formula is C18H15ClN6O7S2. The van der Waals surface area contributed by atoms with Gasteiger partial charge in [0.15, 0.2) is 16.6 Å². The summed E-state index contributed by atoms with van der Waals surface area (Å²) >= 11 is 8.10. The van der Waals surface area contributed by atoms with E-state index < -0.39 is 34.9 Å². The zero-order valence-corrected chi connectivity index (χ0v) is 19.5. The van der Waals surface area contributed by atoms with Crippen molar-refractivity contribution < 1.29 is 34.0 Å². The number of fused-ring (bicyclic) bond motifs is 1. The molecule has 2 aliphatic heterocycles. The number of carboxylic acids is 1. The molecule has 2 amide bonds. The van der Waals surface area contributed by atoms with Gasteiger partial charge < -0.3 is 30.6 Å². The first-order valence-electron chi connectivity index (χ1n) is 9.30. The maximum absolute atomic E-state index is 12.8. The summed E-state index contributed by atoms with van der Waals surface area (Å²) in [4.78, 5) is 42.3. The number of aromatic nitrogens is 2. The second-order valence-corrected chi connectivity index (χ2v) is 9.51. The Balaban J connectivity index is 1.52. The van der Waals surface area contributed by atoms with Crippen LogP contribution in [0, 0.1) is 0 Å². The monoisotopic (exact) mass is 526 g/mol. The Bertz CT molecular complexity index is 1270. The van der Waals surface area contributed by atoms with Crippen LogP contribution in [0.5, 0.6) is 5.88 Å². The molecule has 16 heteroatoms. The van der Waals surface area contributed by atoms with Crippen molar-refractivity contribution in [2.45, 2.75) is 11.4 Å². The smallest absolute Gasteiger partial charge is 0.352 e. The lowest BCUT2D eigenvalue weighted by Crippen LogP contribution is -2.71. The van der Waals surface area contributed by atoms with Gasteiger partial charge in [-0.15, -0.1) is 11.8 Å². The summed E-state index contributed by atoms with van der Waals surface area (Å²) in [6.45, 7) is 0. The minimum atomic E-state index is -1.31. The number of hydrogen-bond acceptors (Lipinski definition) is 12. The fourth-order valence-corrected chi connectivity index (χ4v) is 5.52. The summed E-state index contributed by atoms with van der Waals surface area (Å²) in [5.41, 5.74) is 5.05. The van der Waals surface area contributed by atoms with Crippen LogP contribution in [0.25, 0.3) is 6.08 Å². The highest BCUT2D eigenvalue weighted by Crippen LogP contribution is 2.41. The van der Waals surface area contributed by atoms with E-state index in [0.717, 1.165) is 16.2 Å². The summed E-state index contributed by atoms with van der Waals surface area (Å²) in [6, 6.07) is 0.460. The van der Waals surface area contributed by atoms with Gasteiger partial charge in [-0.25, -0.2) is 9.78 Å². The molecule has 0 bridgehead atoms. The summed E-state index contributed by atoms with van der Waals surface area (Å²) in [5, 5.41) is 27.4. The van der Waals surface area contributed by atoms with E-state index in [1.165, 1.54) is 37.1 Å². The van der Waals surface area contributed by atoms with Crippen LogP contribution in [0.2, 0.25) is 4.34 Å². The molecule has 5 N–H and O–H groups in total. The molecule has 2 atom stereocenters. The number of aliphatic carboxylic acids is 1. The number of ether oxygens (including phenoxy) is 1. The van der Waals surface area contributed by atoms with Gasteiger partial charge in [0.25, 0.3) is 17.7 Å². The lowest BCUT2D eigenvalue weighted by atomic mass is 10.0. The minimum absolute atomic E-state index is 0.0333. The molecule has 4 heterocycles. The number of nitrogens with zero attached hydrogens (tertiary/aromatic N) is 4. The van der Waals surface area contributed by atoms with Gasteiger partial charge in [-0.3, -0.25) is 14.5 Å². The number of rotatable bonds is 7. The van der Waals surface area contributed by atoms with Gasteiger partial charge in [-0.1, -0.05) is 34.2 Å². The number of carbonyl (C=O) groups excluding carboxylic acids is 2. The van der Waals surface area contributed by atoms with Gasteiger partial charge in [0.1, 0.15) is 27.1 Å². The Hall–Kier alpha value is -3.56. The predicted molar refractivity (Wildman–Crippen MR) is 122 cm³/mol. The number of methoxy groups -OCH3 is 1. The summed E-state index contributed by atoms with van der Waals surface area (Å²) in [5.74, 6) is -2.04. The third-order valence-corrected chi connectivity index (χ3v) is 7.18. The van der Waals surface area contributed by atoms with E-state index in [2.05, 4.69) is 20.6 Å². The van der Waals surface area contributed by atoms with Gasteiger partial charge in [-0.05, 0) is 16.8 Å². The number of oxime groups is 1. The molecule has 2 aliphatic rings. The molecule has 2 aromatic heterocycles. The summed E-state index contributed by atoms with van der Waals surface area (Å²) < 4.78 is 10.0. The Labute approximate surface area is 203 Å². The molecule has 0 spiro atoms. The Kier molecular flexibility index (Phi) is 6.49. The van der Waals surface area contributed by atoms with Crippen LogP contribution in [0.1, 0.15) is 11.5 Å². The fourth-order valence-electron chi connectivity index (χ4n) is 3.27. The first-order valence-corrected chi connectivity index (χ1v) is 11.5. The topological polar surface area (TPSA) is 193 Å². The van der Waals surface area contributed by atoms with E-state index in [9.17, 15) is 24.7 Å². The first-order chi connectivity index (χ1) is 16.2. The van der Waals surface area contributed by atoms with Crippen molar-refractivity contribution in [3.8, 4) is 5.88 Å². The number of hydrogen-bond donors (Lipinski definition) is 4. The van der Waals surface area contributed by atoms with E-state index in [1.54, 1.807) is 0 Å². The van der Waals surface area contributed by atoms with Crippen molar-refractivity contribution in [2.75, 3.05) is 18.6 Å². The molecule has 4 rings (SSSR count). The van der Waals surface area contributed by atoms with Crippen LogP contribution in [0.4, 0.5) is 5.13 Å². The van der Waals surface area contributed by atoms with Gasteiger partial charge >= 0.3 is 5.97 Å². The van der Waals surface area contributed by atoms with Crippen molar-refractivity contribution in [3.05, 3.63) is 39.2 Å². The van der Waals surface area contributed by atoms with E-state index in [4.69, 9.17) is 26.6 Å². The van der Waals surface area contributed by atoms with Crippen LogP contribution in [-0.2, 0) is 14.4 Å². The molecule has 2 aromatic rings. The van der Waals surface area contributed by atoms with Crippen molar-refractivity contribution in [1.82, 2.24) is 20.4 Å². The second kappa shape index (κ2) is 9.36. The number of nitrogens with one attached hydrogen (secondary N) is 1. The molecule has 0 aliphatic carbocycles. The van der Waals surface area contributed by atoms with Crippen LogP contribution in [0.15, 0.2) is 33.1 Å². The lowest BCUT2D eigenvalue weighted by molar-refractivity contribution is -0.150. The third-order valence-electron chi connectivity index (χ3n) is 4.79. The van der Waals surface area contributed by atoms with Crippen molar-refractivity contribution in [3.63, 3.8) is 0 Å². The number of thioether (sulfide) groups is 1. The molecule has 13 nitrogen and oxygen atoms in total. The third kappa shape index (κ3) is 4.20. The molecule has 0 saturated carbocycles. The average molecular weight is 527 g/mol. The standard InChI is InChI=1S/C18H15ClN6O7S2/c1-31-8-4-7(32-24-8)3-2-6-5-33-16-11(15(27)25(16)12(6)17(28)29)21-14(26)10(23-30)9-13(19)34-18(20)22-9/h2-4,11,16,30H,5H2,1H3,(H2,20,22)(H,21,26)(H,28,29)/b3-2-,23-10-/t11-,16-/m1/s1. The lowest BCUT2D eigenvalue weighted by Gasteiger charge is -2.49. The number of halogens is 1. The van der Waals surface area contributed by atoms with Crippen LogP contribution in [-0.4, -0.2) is 73.1 Å². The molecule has 178 valence electrons.